The quantitative estimate of drug-likeness (QED) is 0.373. The van der Waals surface area contributed by atoms with Crippen LogP contribution in [-0.4, -0.2) is 20.9 Å². The Morgan fingerprint density at radius 1 is 1.00 bits per heavy atom. The standard InChI is InChI=1S/C27H28N4O/c1-2-6-20(7-3-1)18-32-23-11-5-10-22(16-23)24-25-26(29-17-19-12-13-19)28-14-15-31(25)27(30-24)21-8-4-9-21/h1-3,5-7,10-11,14-16,19,21H,4,8-9,12-13,17-18H2,(H,28,29). The fourth-order valence-corrected chi connectivity index (χ4v) is 4.38. The molecule has 2 aliphatic carbocycles. The summed E-state index contributed by atoms with van der Waals surface area (Å²) in [4.78, 5) is 9.88. The Morgan fingerprint density at radius 2 is 1.88 bits per heavy atom. The highest BCUT2D eigenvalue weighted by Crippen LogP contribution is 2.40. The molecule has 5 heteroatoms. The molecule has 2 aliphatic rings. The van der Waals surface area contributed by atoms with E-state index in [1.54, 1.807) is 0 Å². The zero-order valence-corrected chi connectivity index (χ0v) is 18.2. The van der Waals surface area contributed by atoms with Gasteiger partial charge in [-0.25, -0.2) is 9.97 Å². The predicted octanol–water partition coefficient (Wildman–Crippen LogP) is 6.06. The van der Waals surface area contributed by atoms with Crippen molar-refractivity contribution in [1.29, 1.82) is 0 Å². The molecule has 162 valence electrons. The van der Waals surface area contributed by atoms with E-state index in [0.29, 0.717) is 12.5 Å². The number of hydrogen-bond acceptors (Lipinski definition) is 4. The Morgan fingerprint density at radius 3 is 2.66 bits per heavy atom. The Hall–Kier alpha value is -3.34. The van der Waals surface area contributed by atoms with Crippen molar-refractivity contribution < 1.29 is 4.74 Å². The zero-order chi connectivity index (χ0) is 21.3. The molecule has 0 aliphatic heterocycles. The van der Waals surface area contributed by atoms with Crippen LogP contribution in [0.2, 0.25) is 0 Å². The molecule has 0 radical (unpaired) electrons. The van der Waals surface area contributed by atoms with Crippen LogP contribution in [0.1, 0.15) is 49.4 Å². The van der Waals surface area contributed by atoms with Gasteiger partial charge in [-0.05, 0) is 49.3 Å². The maximum Gasteiger partial charge on any atom is 0.152 e. The highest BCUT2D eigenvalue weighted by atomic mass is 16.5. The number of imidazole rings is 1. The molecule has 5 nitrogen and oxygen atoms in total. The molecule has 0 bridgehead atoms. The lowest BCUT2D eigenvalue weighted by molar-refractivity contribution is 0.306. The first kappa shape index (κ1) is 19.4. The van der Waals surface area contributed by atoms with Crippen molar-refractivity contribution in [1.82, 2.24) is 14.4 Å². The van der Waals surface area contributed by atoms with Gasteiger partial charge in [-0.3, -0.25) is 4.40 Å². The topological polar surface area (TPSA) is 51.5 Å². The number of benzene rings is 2. The van der Waals surface area contributed by atoms with E-state index in [4.69, 9.17) is 14.7 Å². The van der Waals surface area contributed by atoms with Crippen molar-refractivity contribution in [2.24, 2.45) is 5.92 Å². The molecule has 2 aromatic heterocycles. The molecule has 1 N–H and O–H groups in total. The lowest BCUT2D eigenvalue weighted by Crippen LogP contribution is -2.13. The highest BCUT2D eigenvalue weighted by molar-refractivity contribution is 5.86. The van der Waals surface area contributed by atoms with Crippen LogP contribution in [-0.2, 0) is 6.61 Å². The second-order valence-electron chi connectivity index (χ2n) is 9.07. The van der Waals surface area contributed by atoms with Crippen LogP contribution in [0.4, 0.5) is 5.82 Å². The van der Waals surface area contributed by atoms with E-state index in [2.05, 4.69) is 46.2 Å². The van der Waals surface area contributed by atoms with Gasteiger partial charge in [0.05, 0.1) is 0 Å². The number of fused-ring (bicyclic) bond motifs is 1. The summed E-state index contributed by atoms with van der Waals surface area (Å²) < 4.78 is 8.37. The monoisotopic (exact) mass is 424 g/mol. The largest absolute Gasteiger partial charge is 0.489 e. The third kappa shape index (κ3) is 3.83. The molecule has 6 rings (SSSR count). The molecule has 2 fully saturated rings. The van der Waals surface area contributed by atoms with Crippen molar-refractivity contribution in [3.63, 3.8) is 0 Å². The summed E-state index contributed by atoms with van der Waals surface area (Å²) in [5.41, 5.74) is 4.30. The van der Waals surface area contributed by atoms with Gasteiger partial charge in [0.2, 0.25) is 0 Å². The van der Waals surface area contributed by atoms with Crippen LogP contribution in [0, 0.1) is 5.92 Å². The van der Waals surface area contributed by atoms with Crippen LogP contribution in [0.15, 0.2) is 67.0 Å². The molecule has 2 saturated carbocycles. The minimum absolute atomic E-state index is 0.535. The van der Waals surface area contributed by atoms with E-state index in [-0.39, 0.29) is 0 Å². The molecular weight excluding hydrogens is 396 g/mol. The van der Waals surface area contributed by atoms with Gasteiger partial charge < -0.3 is 10.1 Å². The van der Waals surface area contributed by atoms with Gasteiger partial charge >= 0.3 is 0 Å². The van der Waals surface area contributed by atoms with Crippen LogP contribution >= 0.6 is 0 Å². The van der Waals surface area contributed by atoms with Gasteiger partial charge in [-0.1, -0.05) is 48.9 Å². The van der Waals surface area contributed by atoms with E-state index in [1.807, 2.05) is 30.5 Å². The highest BCUT2D eigenvalue weighted by Gasteiger charge is 2.28. The predicted molar refractivity (Wildman–Crippen MR) is 127 cm³/mol. The second-order valence-corrected chi connectivity index (χ2v) is 9.07. The lowest BCUT2D eigenvalue weighted by atomic mass is 9.85. The number of nitrogens with one attached hydrogen (secondary N) is 1. The molecule has 32 heavy (non-hydrogen) atoms. The summed E-state index contributed by atoms with van der Waals surface area (Å²) in [6.07, 6.45) is 10.3. The van der Waals surface area contributed by atoms with E-state index in [0.717, 1.165) is 52.2 Å². The summed E-state index contributed by atoms with van der Waals surface area (Å²) in [7, 11) is 0. The minimum atomic E-state index is 0.535. The first-order valence-electron chi connectivity index (χ1n) is 11.7. The fourth-order valence-electron chi connectivity index (χ4n) is 4.38. The molecule has 0 saturated heterocycles. The molecule has 0 unspecified atom stereocenters. The van der Waals surface area contributed by atoms with E-state index < -0.39 is 0 Å². The lowest BCUT2D eigenvalue weighted by Gasteiger charge is -2.24. The van der Waals surface area contributed by atoms with Gasteiger partial charge in [0.1, 0.15) is 29.4 Å². The minimum Gasteiger partial charge on any atom is -0.489 e. The Labute approximate surface area is 188 Å². The SMILES string of the molecule is c1ccc(COc2cccc(-c3nc(C4CCC4)n4ccnc(NCC5CC5)c34)c2)cc1. The van der Waals surface area contributed by atoms with Crippen molar-refractivity contribution in [2.45, 2.75) is 44.6 Å². The summed E-state index contributed by atoms with van der Waals surface area (Å²) in [6, 6.07) is 18.6. The van der Waals surface area contributed by atoms with Crippen molar-refractivity contribution in [3.8, 4) is 17.0 Å². The normalized spacial score (nSPS) is 16.1. The number of ether oxygens (including phenoxy) is 1. The summed E-state index contributed by atoms with van der Waals surface area (Å²) in [6.45, 7) is 1.54. The number of aromatic nitrogens is 3. The summed E-state index contributed by atoms with van der Waals surface area (Å²) in [5, 5.41) is 3.61. The Kier molecular flexibility index (Phi) is 5.02. The fraction of sp³-hybridized carbons (Fsp3) is 0.333. The molecule has 0 atom stereocenters. The number of anilines is 1. The summed E-state index contributed by atoms with van der Waals surface area (Å²) >= 11 is 0. The van der Waals surface area contributed by atoms with Gasteiger partial charge in [0.15, 0.2) is 5.82 Å². The molecule has 2 heterocycles. The first-order valence-corrected chi connectivity index (χ1v) is 11.7. The average Bonchev–Trinajstić information content (AvgIpc) is 3.56. The van der Waals surface area contributed by atoms with Crippen molar-refractivity contribution in [2.75, 3.05) is 11.9 Å². The molecule has 4 aromatic rings. The Bertz CT molecular complexity index is 1230. The van der Waals surface area contributed by atoms with Crippen LogP contribution in [0.5, 0.6) is 5.75 Å². The van der Waals surface area contributed by atoms with Gasteiger partial charge in [-0.15, -0.1) is 0 Å². The third-order valence-electron chi connectivity index (χ3n) is 6.66. The van der Waals surface area contributed by atoms with Gasteiger partial charge in [0, 0.05) is 30.4 Å². The van der Waals surface area contributed by atoms with E-state index in [9.17, 15) is 0 Å². The maximum atomic E-state index is 6.10. The second kappa shape index (κ2) is 8.30. The van der Waals surface area contributed by atoms with Gasteiger partial charge in [0.25, 0.3) is 0 Å². The van der Waals surface area contributed by atoms with Crippen LogP contribution < -0.4 is 10.1 Å². The van der Waals surface area contributed by atoms with Gasteiger partial charge in [-0.2, -0.15) is 0 Å². The number of rotatable bonds is 8. The van der Waals surface area contributed by atoms with Crippen LogP contribution in [0.25, 0.3) is 16.8 Å². The Balaban J connectivity index is 1.37. The molecule has 0 spiro atoms. The van der Waals surface area contributed by atoms with E-state index in [1.165, 1.54) is 32.1 Å². The number of hydrogen-bond donors (Lipinski definition) is 1. The van der Waals surface area contributed by atoms with Crippen LogP contribution in [0.3, 0.4) is 0 Å². The molecular formula is C27H28N4O. The van der Waals surface area contributed by atoms with Crippen molar-refractivity contribution >= 4 is 11.3 Å². The van der Waals surface area contributed by atoms with E-state index >= 15 is 0 Å². The summed E-state index contributed by atoms with van der Waals surface area (Å²) in [5.74, 6) is 4.27. The number of nitrogens with zero attached hydrogens (tertiary/aromatic N) is 3. The zero-order valence-electron chi connectivity index (χ0n) is 18.2. The smallest absolute Gasteiger partial charge is 0.152 e. The molecule has 0 amide bonds. The molecule has 2 aromatic carbocycles. The first-order chi connectivity index (χ1) is 15.8. The average molecular weight is 425 g/mol. The third-order valence-corrected chi connectivity index (χ3v) is 6.66. The maximum absolute atomic E-state index is 6.10. The van der Waals surface area contributed by atoms with Crippen molar-refractivity contribution in [3.05, 3.63) is 78.4 Å².